The van der Waals surface area contributed by atoms with Crippen LogP contribution in [0.3, 0.4) is 0 Å². The minimum absolute atomic E-state index is 0.0713. The second kappa shape index (κ2) is 6.31. The number of methoxy groups -OCH3 is 1. The molecule has 0 bridgehead atoms. The number of hydrogen-bond donors (Lipinski definition) is 0. The van der Waals surface area contributed by atoms with Crippen LogP contribution in [0.1, 0.15) is 12.5 Å². The molecule has 4 nitrogen and oxygen atoms in total. The Labute approximate surface area is 123 Å². The Kier molecular flexibility index (Phi) is 4.70. The van der Waals surface area contributed by atoms with Crippen LogP contribution in [-0.4, -0.2) is 42.7 Å². The van der Waals surface area contributed by atoms with E-state index in [1.807, 2.05) is 18.2 Å². The van der Waals surface area contributed by atoms with Crippen molar-refractivity contribution in [3.63, 3.8) is 0 Å². The van der Waals surface area contributed by atoms with Gasteiger partial charge in [-0.15, -0.1) is 11.8 Å². The van der Waals surface area contributed by atoms with Gasteiger partial charge in [-0.3, -0.25) is 9.59 Å². The molecule has 0 saturated carbocycles. The van der Waals surface area contributed by atoms with E-state index in [2.05, 4.69) is 10.8 Å². The highest BCUT2D eigenvalue weighted by molar-refractivity contribution is 8.01. The van der Waals surface area contributed by atoms with E-state index in [4.69, 9.17) is 0 Å². The molecule has 1 aromatic carbocycles. The number of carbonyl (C=O) groups is 2. The Bertz CT molecular complexity index is 493. The first-order chi connectivity index (χ1) is 9.52. The van der Waals surface area contributed by atoms with Crippen LogP contribution in [0.4, 0.5) is 0 Å². The van der Waals surface area contributed by atoms with Gasteiger partial charge in [0, 0.05) is 18.5 Å². The van der Waals surface area contributed by atoms with Crippen LogP contribution in [0, 0.1) is 5.92 Å². The van der Waals surface area contributed by atoms with Gasteiger partial charge in [0.25, 0.3) is 0 Å². The maximum atomic E-state index is 12.4. The van der Waals surface area contributed by atoms with E-state index in [1.54, 1.807) is 30.6 Å². The molecule has 0 radical (unpaired) electrons. The van der Waals surface area contributed by atoms with Crippen LogP contribution < -0.4 is 0 Å². The smallest absolute Gasteiger partial charge is 0.310 e. The van der Waals surface area contributed by atoms with E-state index in [0.717, 1.165) is 6.42 Å². The third kappa shape index (κ3) is 3.15. The highest BCUT2D eigenvalue weighted by atomic mass is 32.2. The number of thioether (sulfide) groups is 1. The van der Waals surface area contributed by atoms with Crippen molar-refractivity contribution < 1.29 is 14.3 Å². The zero-order valence-electron chi connectivity index (χ0n) is 12.0. The average molecular weight is 293 g/mol. The van der Waals surface area contributed by atoms with E-state index in [-0.39, 0.29) is 23.0 Å². The normalized spacial score (nSPS) is 18.2. The third-order valence-electron chi connectivity index (χ3n) is 3.45. The monoisotopic (exact) mass is 293 g/mol. The molecular weight excluding hydrogens is 274 g/mol. The van der Waals surface area contributed by atoms with Crippen LogP contribution >= 0.6 is 11.8 Å². The van der Waals surface area contributed by atoms with Gasteiger partial charge in [-0.25, -0.2) is 0 Å². The van der Waals surface area contributed by atoms with Gasteiger partial charge in [0.05, 0.1) is 18.3 Å². The predicted octanol–water partition coefficient (Wildman–Crippen LogP) is 1.97. The van der Waals surface area contributed by atoms with Crippen molar-refractivity contribution in [2.45, 2.75) is 23.5 Å². The first-order valence-electron chi connectivity index (χ1n) is 6.60. The first-order valence-corrected chi connectivity index (χ1v) is 7.48. The Morgan fingerprint density at radius 3 is 2.80 bits per heavy atom. The molecule has 0 aromatic heterocycles. The molecule has 0 aliphatic carbocycles. The van der Waals surface area contributed by atoms with Gasteiger partial charge in [-0.1, -0.05) is 25.1 Å². The molecule has 0 spiro atoms. The Morgan fingerprint density at radius 2 is 2.15 bits per heavy atom. The summed E-state index contributed by atoms with van der Waals surface area (Å²) < 4.78 is 4.69. The van der Waals surface area contributed by atoms with Gasteiger partial charge in [-0.2, -0.15) is 0 Å². The van der Waals surface area contributed by atoms with Crippen molar-refractivity contribution in [2.75, 3.05) is 20.7 Å². The number of carbonyl (C=O) groups excluding carboxylic acids is 2. The van der Waals surface area contributed by atoms with Crippen LogP contribution in [-0.2, 0) is 20.7 Å². The fraction of sp³-hybridized carbons (Fsp3) is 0.467. The molecule has 0 unspecified atom stereocenters. The maximum Gasteiger partial charge on any atom is 0.310 e. The molecule has 2 atom stereocenters. The number of ether oxygens (including phenoxy) is 1. The summed E-state index contributed by atoms with van der Waals surface area (Å²) in [5.41, 5.74) is 1.23. The molecule has 0 saturated heterocycles. The number of esters is 1. The second-order valence-corrected chi connectivity index (χ2v) is 6.31. The molecular formula is C15H19NO3S. The minimum Gasteiger partial charge on any atom is -0.469 e. The standard InChI is InChI=1S/C15H19NO3S/c1-10(15(18)19-3)9-16(2)14(17)13-8-11-6-4-5-7-12(11)20-13/h4-7,10,13H,8-9H2,1-3H3/t10-,13+/m0/s1. The largest absolute Gasteiger partial charge is 0.469 e. The zero-order valence-corrected chi connectivity index (χ0v) is 12.8. The zero-order chi connectivity index (χ0) is 14.7. The van der Waals surface area contributed by atoms with E-state index in [1.165, 1.54) is 17.6 Å². The lowest BCUT2D eigenvalue weighted by atomic mass is 10.1. The van der Waals surface area contributed by atoms with Gasteiger partial charge in [0.2, 0.25) is 5.91 Å². The number of benzene rings is 1. The molecule has 2 rings (SSSR count). The molecule has 1 aliphatic heterocycles. The predicted molar refractivity (Wildman–Crippen MR) is 78.6 cm³/mol. The number of rotatable bonds is 4. The summed E-state index contributed by atoms with van der Waals surface area (Å²) >= 11 is 1.61. The Morgan fingerprint density at radius 1 is 1.45 bits per heavy atom. The lowest BCUT2D eigenvalue weighted by Crippen LogP contribution is -2.39. The van der Waals surface area contributed by atoms with Gasteiger partial charge >= 0.3 is 5.97 Å². The lowest BCUT2D eigenvalue weighted by molar-refractivity contribution is -0.146. The minimum atomic E-state index is -0.303. The van der Waals surface area contributed by atoms with Crippen molar-refractivity contribution >= 4 is 23.6 Å². The van der Waals surface area contributed by atoms with Crippen LogP contribution in [0.2, 0.25) is 0 Å². The molecule has 0 N–H and O–H groups in total. The van der Waals surface area contributed by atoms with Gasteiger partial charge < -0.3 is 9.64 Å². The summed E-state index contributed by atoms with van der Waals surface area (Å²) in [7, 11) is 3.11. The lowest BCUT2D eigenvalue weighted by Gasteiger charge is -2.22. The van der Waals surface area contributed by atoms with Gasteiger partial charge in [-0.05, 0) is 18.1 Å². The van der Waals surface area contributed by atoms with Crippen LogP contribution in [0.25, 0.3) is 0 Å². The summed E-state index contributed by atoms with van der Waals surface area (Å²) in [6.45, 7) is 2.16. The van der Waals surface area contributed by atoms with E-state index in [0.29, 0.717) is 6.54 Å². The molecule has 1 aliphatic rings. The average Bonchev–Trinajstić information content (AvgIpc) is 2.89. The summed E-state index contributed by atoms with van der Waals surface area (Å²) in [6, 6.07) is 8.09. The summed E-state index contributed by atoms with van der Waals surface area (Å²) in [4.78, 5) is 26.6. The summed E-state index contributed by atoms with van der Waals surface area (Å²) in [6.07, 6.45) is 0.761. The molecule has 20 heavy (non-hydrogen) atoms. The van der Waals surface area contributed by atoms with Crippen molar-refractivity contribution in [2.24, 2.45) is 5.92 Å². The molecule has 108 valence electrons. The number of hydrogen-bond acceptors (Lipinski definition) is 4. The topological polar surface area (TPSA) is 46.6 Å². The summed E-state index contributed by atoms with van der Waals surface area (Å²) in [5.74, 6) is -0.517. The highest BCUT2D eigenvalue weighted by Gasteiger charge is 2.31. The third-order valence-corrected chi connectivity index (χ3v) is 4.76. The van der Waals surface area contributed by atoms with Crippen molar-refractivity contribution in [3.05, 3.63) is 29.8 Å². The molecule has 1 amide bonds. The van der Waals surface area contributed by atoms with E-state index in [9.17, 15) is 9.59 Å². The number of nitrogens with zero attached hydrogens (tertiary/aromatic N) is 1. The SMILES string of the molecule is COC(=O)[C@@H](C)CN(C)C(=O)[C@H]1Cc2ccccc2S1. The Balaban J connectivity index is 1.94. The molecule has 1 heterocycles. The van der Waals surface area contributed by atoms with Gasteiger partial charge in [0.1, 0.15) is 0 Å². The van der Waals surface area contributed by atoms with Crippen LogP contribution in [0.5, 0.6) is 0 Å². The van der Waals surface area contributed by atoms with Gasteiger partial charge in [0.15, 0.2) is 0 Å². The fourth-order valence-electron chi connectivity index (χ4n) is 2.34. The van der Waals surface area contributed by atoms with Crippen molar-refractivity contribution in [1.82, 2.24) is 4.90 Å². The van der Waals surface area contributed by atoms with Crippen molar-refractivity contribution in [1.29, 1.82) is 0 Å². The Hall–Kier alpha value is -1.49. The fourth-order valence-corrected chi connectivity index (χ4v) is 3.65. The molecule has 1 aromatic rings. The van der Waals surface area contributed by atoms with Crippen molar-refractivity contribution in [3.8, 4) is 0 Å². The molecule has 5 heteroatoms. The maximum absolute atomic E-state index is 12.4. The van der Waals surface area contributed by atoms with E-state index >= 15 is 0 Å². The molecule has 0 fully saturated rings. The highest BCUT2D eigenvalue weighted by Crippen LogP contribution is 2.37. The number of fused-ring (bicyclic) bond motifs is 1. The van der Waals surface area contributed by atoms with E-state index < -0.39 is 0 Å². The van der Waals surface area contributed by atoms with Crippen LogP contribution in [0.15, 0.2) is 29.2 Å². The summed E-state index contributed by atoms with van der Waals surface area (Å²) in [5, 5.41) is -0.0813. The number of amides is 1. The first kappa shape index (κ1) is 14.9. The quantitative estimate of drug-likeness (QED) is 0.796. The second-order valence-electron chi connectivity index (χ2n) is 5.06.